The number of aromatic amines is 1. The highest BCUT2D eigenvalue weighted by Crippen LogP contribution is 2.25. The zero-order chi connectivity index (χ0) is 14.2. The van der Waals surface area contributed by atoms with Crippen LogP contribution >= 0.6 is 15.9 Å². The van der Waals surface area contributed by atoms with Crippen molar-refractivity contribution in [2.45, 2.75) is 0 Å². The highest BCUT2D eigenvalue weighted by Gasteiger charge is 2.08. The summed E-state index contributed by atoms with van der Waals surface area (Å²) >= 11 is 3.40. The Bertz CT molecular complexity index is 897. The molecule has 1 N–H and O–H groups in total. The molecule has 3 aromatic heterocycles. The van der Waals surface area contributed by atoms with Crippen molar-refractivity contribution in [1.29, 1.82) is 0 Å². The Morgan fingerprint density at radius 3 is 2.62 bits per heavy atom. The maximum Gasteiger partial charge on any atom is 0.181 e. The quantitative estimate of drug-likeness (QED) is 0.597. The summed E-state index contributed by atoms with van der Waals surface area (Å²) in [7, 11) is 0. The van der Waals surface area contributed by atoms with Crippen molar-refractivity contribution < 1.29 is 4.42 Å². The Labute approximate surface area is 128 Å². The van der Waals surface area contributed by atoms with Crippen LogP contribution in [0.5, 0.6) is 0 Å². The Morgan fingerprint density at radius 1 is 1.05 bits per heavy atom. The second kappa shape index (κ2) is 4.82. The van der Waals surface area contributed by atoms with Gasteiger partial charge in [-0.3, -0.25) is 0 Å². The molecule has 6 heteroatoms. The topological polar surface area (TPSA) is 67.6 Å². The van der Waals surface area contributed by atoms with Gasteiger partial charge in [0, 0.05) is 21.8 Å². The number of imidazole rings is 1. The fourth-order valence-corrected chi connectivity index (χ4v) is 2.49. The molecule has 0 aliphatic rings. The molecule has 3 heterocycles. The lowest BCUT2D eigenvalue weighted by atomic mass is 10.1. The van der Waals surface area contributed by atoms with E-state index in [2.05, 4.69) is 35.9 Å². The van der Waals surface area contributed by atoms with Gasteiger partial charge < -0.3 is 9.40 Å². The molecule has 4 rings (SSSR count). The van der Waals surface area contributed by atoms with Gasteiger partial charge in [-0.05, 0) is 22.0 Å². The van der Waals surface area contributed by atoms with Crippen molar-refractivity contribution in [1.82, 2.24) is 19.9 Å². The molecule has 0 amide bonds. The third-order valence-corrected chi connectivity index (χ3v) is 3.61. The first-order chi connectivity index (χ1) is 10.3. The molecule has 0 aliphatic carbocycles. The Kier molecular flexibility index (Phi) is 2.82. The molecule has 0 unspecified atom stereocenters. The number of halogens is 1. The summed E-state index contributed by atoms with van der Waals surface area (Å²) in [6.45, 7) is 0. The minimum absolute atomic E-state index is 0.701. The standard InChI is InChI=1S/C15H9BrN4O/c16-11-5-12-15(18-6-11)20-14(19-12)10-3-1-9(2-4-10)13-7-17-8-21-13/h1-8H,(H,18,19,20). The van der Waals surface area contributed by atoms with E-state index < -0.39 is 0 Å². The molecular weight excluding hydrogens is 332 g/mol. The lowest BCUT2D eigenvalue weighted by molar-refractivity contribution is 0.572. The van der Waals surface area contributed by atoms with E-state index in [1.54, 1.807) is 12.4 Å². The average molecular weight is 341 g/mol. The van der Waals surface area contributed by atoms with Crippen LogP contribution in [0, 0.1) is 0 Å². The Balaban J connectivity index is 1.74. The van der Waals surface area contributed by atoms with Crippen molar-refractivity contribution in [2.24, 2.45) is 0 Å². The highest BCUT2D eigenvalue weighted by molar-refractivity contribution is 9.10. The van der Waals surface area contributed by atoms with Crippen LogP contribution in [-0.4, -0.2) is 19.9 Å². The van der Waals surface area contributed by atoms with Crippen molar-refractivity contribution in [3.63, 3.8) is 0 Å². The SMILES string of the molecule is Brc1cnc2nc(-c3ccc(-c4cnco4)cc3)[nH]c2c1. The molecule has 0 saturated heterocycles. The van der Waals surface area contributed by atoms with Crippen molar-refractivity contribution in [2.75, 3.05) is 0 Å². The highest BCUT2D eigenvalue weighted by atomic mass is 79.9. The van der Waals surface area contributed by atoms with Crippen molar-refractivity contribution in [3.8, 4) is 22.7 Å². The summed E-state index contributed by atoms with van der Waals surface area (Å²) < 4.78 is 6.20. The molecule has 0 spiro atoms. The molecule has 21 heavy (non-hydrogen) atoms. The fraction of sp³-hybridized carbons (Fsp3) is 0. The smallest absolute Gasteiger partial charge is 0.181 e. The maximum atomic E-state index is 5.28. The zero-order valence-corrected chi connectivity index (χ0v) is 12.3. The van der Waals surface area contributed by atoms with Gasteiger partial charge in [-0.25, -0.2) is 15.0 Å². The van der Waals surface area contributed by atoms with Gasteiger partial charge in [0.25, 0.3) is 0 Å². The van der Waals surface area contributed by atoms with Crippen LogP contribution in [-0.2, 0) is 0 Å². The van der Waals surface area contributed by atoms with E-state index in [1.165, 1.54) is 6.39 Å². The van der Waals surface area contributed by atoms with Crippen molar-refractivity contribution in [3.05, 3.63) is 53.6 Å². The van der Waals surface area contributed by atoms with Crippen LogP contribution in [0.1, 0.15) is 0 Å². The molecule has 0 bridgehead atoms. The van der Waals surface area contributed by atoms with Crippen LogP contribution in [0.25, 0.3) is 33.9 Å². The first-order valence-electron chi connectivity index (χ1n) is 6.30. The molecule has 4 aromatic rings. The number of fused-ring (bicyclic) bond motifs is 1. The maximum absolute atomic E-state index is 5.28. The second-order valence-corrected chi connectivity index (χ2v) is 5.47. The zero-order valence-electron chi connectivity index (χ0n) is 10.7. The number of nitrogens with one attached hydrogen (secondary N) is 1. The van der Waals surface area contributed by atoms with Crippen LogP contribution in [0.4, 0.5) is 0 Å². The largest absolute Gasteiger partial charge is 0.444 e. The average Bonchev–Trinajstić information content (AvgIpc) is 3.16. The van der Waals surface area contributed by atoms with Crippen LogP contribution in [0.2, 0.25) is 0 Å². The molecule has 0 saturated carbocycles. The van der Waals surface area contributed by atoms with Gasteiger partial charge in [-0.15, -0.1) is 0 Å². The van der Waals surface area contributed by atoms with Crippen LogP contribution in [0.3, 0.4) is 0 Å². The van der Waals surface area contributed by atoms with E-state index in [9.17, 15) is 0 Å². The first-order valence-corrected chi connectivity index (χ1v) is 7.09. The second-order valence-electron chi connectivity index (χ2n) is 4.55. The number of rotatable bonds is 2. The van der Waals surface area contributed by atoms with Crippen LogP contribution in [0.15, 0.2) is 58.0 Å². The fourth-order valence-electron chi connectivity index (χ4n) is 2.16. The molecule has 102 valence electrons. The molecule has 0 atom stereocenters. The van der Waals surface area contributed by atoms with Crippen LogP contribution < -0.4 is 0 Å². The summed E-state index contributed by atoms with van der Waals surface area (Å²) in [6, 6.07) is 9.90. The number of H-pyrrole nitrogens is 1. The molecule has 0 radical (unpaired) electrons. The van der Waals surface area contributed by atoms with E-state index in [-0.39, 0.29) is 0 Å². The van der Waals surface area contributed by atoms with E-state index >= 15 is 0 Å². The predicted molar refractivity (Wildman–Crippen MR) is 82.5 cm³/mol. The van der Waals surface area contributed by atoms with Gasteiger partial charge in [0.2, 0.25) is 0 Å². The van der Waals surface area contributed by atoms with E-state index in [0.717, 1.165) is 32.7 Å². The van der Waals surface area contributed by atoms with Crippen molar-refractivity contribution >= 4 is 27.1 Å². The summed E-state index contributed by atoms with van der Waals surface area (Å²) in [5.74, 6) is 1.54. The van der Waals surface area contributed by atoms with Gasteiger partial charge in [-0.2, -0.15) is 0 Å². The minimum Gasteiger partial charge on any atom is -0.444 e. The van der Waals surface area contributed by atoms with Gasteiger partial charge in [0.05, 0.1) is 11.7 Å². The number of aromatic nitrogens is 4. The van der Waals surface area contributed by atoms with Gasteiger partial charge >= 0.3 is 0 Å². The summed E-state index contributed by atoms with van der Waals surface area (Å²) in [6.07, 6.45) is 4.85. The molecule has 0 fully saturated rings. The number of oxazole rings is 1. The number of pyridine rings is 1. The van der Waals surface area contributed by atoms with E-state index in [1.807, 2.05) is 30.3 Å². The molecule has 0 aliphatic heterocycles. The number of nitrogens with zero attached hydrogens (tertiary/aromatic N) is 3. The summed E-state index contributed by atoms with van der Waals surface area (Å²) in [5.41, 5.74) is 3.58. The summed E-state index contributed by atoms with van der Waals surface area (Å²) in [5, 5.41) is 0. The van der Waals surface area contributed by atoms with Gasteiger partial charge in [0.15, 0.2) is 17.8 Å². The third-order valence-electron chi connectivity index (χ3n) is 3.18. The lowest BCUT2D eigenvalue weighted by Gasteiger charge is -1.98. The molecular formula is C15H9BrN4O. The van der Waals surface area contributed by atoms with E-state index in [0.29, 0.717) is 5.65 Å². The summed E-state index contributed by atoms with van der Waals surface area (Å²) in [4.78, 5) is 16.0. The minimum atomic E-state index is 0.701. The van der Waals surface area contributed by atoms with Gasteiger partial charge in [0.1, 0.15) is 5.82 Å². The third kappa shape index (κ3) is 2.23. The Hall–Kier alpha value is -2.47. The predicted octanol–water partition coefficient (Wildman–Crippen LogP) is 4.04. The van der Waals surface area contributed by atoms with E-state index in [4.69, 9.17) is 4.42 Å². The molecule has 1 aromatic carbocycles. The lowest BCUT2D eigenvalue weighted by Crippen LogP contribution is -1.81. The normalized spacial score (nSPS) is 11.1. The number of hydrogen-bond acceptors (Lipinski definition) is 4. The van der Waals surface area contributed by atoms with Gasteiger partial charge in [-0.1, -0.05) is 24.3 Å². The first kappa shape index (κ1) is 12.3. The monoisotopic (exact) mass is 340 g/mol. The number of benzene rings is 1. The number of hydrogen-bond donors (Lipinski definition) is 1. The molecule has 5 nitrogen and oxygen atoms in total. The Morgan fingerprint density at radius 2 is 1.86 bits per heavy atom.